The Morgan fingerprint density at radius 2 is 1.88 bits per heavy atom. The Bertz CT molecular complexity index is 284. The minimum Gasteiger partial charge on any atom is -0.396 e. The molecule has 92 valence electrons. The molecule has 0 fully saturated rings. The third-order valence-electron chi connectivity index (χ3n) is 2.62. The van der Waals surface area contributed by atoms with E-state index < -0.39 is 5.41 Å². The zero-order valence-electron chi connectivity index (χ0n) is 10.8. The molecule has 0 radical (unpaired) electrons. The Morgan fingerprint density at radius 3 is 2.19 bits per heavy atom. The van der Waals surface area contributed by atoms with Crippen LogP contribution in [0.5, 0.6) is 0 Å². The van der Waals surface area contributed by atoms with Gasteiger partial charge in [-0.1, -0.05) is 20.8 Å². The van der Waals surface area contributed by atoms with Gasteiger partial charge < -0.3 is 10.4 Å². The van der Waals surface area contributed by atoms with Gasteiger partial charge in [-0.15, -0.1) is 0 Å². The summed E-state index contributed by atoms with van der Waals surface area (Å²) in [5.74, 6) is -0.289. The summed E-state index contributed by atoms with van der Waals surface area (Å²) in [6, 6.07) is 1.84. The number of nitrogens with zero attached hydrogens (tertiary/aromatic N) is 1. The fourth-order valence-corrected chi connectivity index (χ4v) is 1.24. The van der Waals surface area contributed by atoms with Crippen LogP contribution in [0.25, 0.3) is 0 Å². The number of nitriles is 1. The van der Waals surface area contributed by atoms with Gasteiger partial charge in [0.1, 0.15) is 5.41 Å². The summed E-state index contributed by atoms with van der Waals surface area (Å²) in [7, 11) is 0. The highest BCUT2D eigenvalue weighted by Gasteiger charge is 2.32. The lowest BCUT2D eigenvalue weighted by atomic mass is 9.83. The van der Waals surface area contributed by atoms with Crippen LogP contribution in [0.3, 0.4) is 0 Å². The number of amides is 1. The van der Waals surface area contributed by atoms with Gasteiger partial charge in [-0.2, -0.15) is 5.26 Å². The predicted molar refractivity (Wildman–Crippen MR) is 62.5 cm³/mol. The molecule has 0 aliphatic rings. The lowest BCUT2D eigenvalue weighted by molar-refractivity contribution is -0.128. The van der Waals surface area contributed by atoms with Crippen LogP contribution >= 0.6 is 0 Å². The van der Waals surface area contributed by atoms with Crippen molar-refractivity contribution >= 4 is 5.91 Å². The van der Waals surface area contributed by atoms with Gasteiger partial charge in [-0.25, -0.2) is 0 Å². The lowest BCUT2D eigenvalue weighted by Gasteiger charge is -2.32. The third-order valence-corrected chi connectivity index (χ3v) is 2.62. The van der Waals surface area contributed by atoms with E-state index in [2.05, 4.69) is 5.32 Å². The fraction of sp³-hybridized carbons (Fsp3) is 0.833. The molecule has 0 bridgehead atoms. The van der Waals surface area contributed by atoms with Crippen molar-refractivity contribution < 1.29 is 9.90 Å². The Hall–Kier alpha value is -1.08. The van der Waals surface area contributed by atoms with E-state index in [9.17, 15) is 4.79 Å². The summed E-state index contributed by atoms with van der Waals surface area (Å²) >= 11 is 0. The molecule has 4 heteroatoms. The monoisotopic (exact) mass is 226 g/mol. The molecule has 0 aromatic rings. The van der Waals surface area contributed by atoms with Gasteiger partial charge in [-0.3, -0.25) is 4.79 Å². The van der Waals surface area contributed by atoms with Crippen LogP contribution < -0.4 is 5.32 Å². The van der Waals surface area contributed by atoms with E-state index in [1.807, 2.05) is 26.8 Å². The predicted octanol–water partition coefficient (Wildman–Crippen LogP) is 1.45. The van der Waals surface area contributed by atoms with Crippen molar-refractivity contribution in [2.75, 3.05) is 6.61 Å². The second-order valence-electron chi connectivity index (χ2n) is 5.64. The summed E-state index contributed by atoms with van der Waals surface area (Å²) < 4.78 is 0. The Morgan fingerprint density at radius 1 is 1.38 bits per heavy atom. The molecule has 1 amide bonds. The van der Waals surface area contributed by atoms with Crippen LogP contribution in [0.4, 0.5) is 0 Å². The molecule has 0 spiro atoms. The SMILES string of the molecule is CC(C)(C#N)C(=O)NC(CCO)C(C)(C)C. The van der Waals surface area contributed by atoms with E-state index in [-0.39, 0.29) is 24.0 Å². The molecular formula is C12H22N2O2. The molecule has 0 aliphatic heterocycles. The van der Waals surface area contributed by atoms with Crippen molar-refractivity contribution in [2.24, 2.45) is 10.8 Å². The lowest BCUT2D eigenvalue weighted by Crippen LogP contribution is -2.48. The number of hydrogen-bond donors (Lipinski definition) is 2. The van der Waals surface area contributed by atoms with Crippen molar-refractivity contribution in [2.45, 2.75) is 47.1 Å². The maximum atomic E-state index is 11.8. The van der Waals surface area contributed by atoms with Gasteiger partial charge in [0.25, 0.3) is 0 Å². The molecule has 0 aromatic carbocycles. The molecule has 0 aromatic heterocycles. The maximum absolute atomic E-state index is 11.8. The van der Waals surface area contributed by atoms with E-state index in [0.29, 0.717) is 6.42 Å². The van der Waals surface area contributed by atoms with Crippen LogP contribution in [0, 0.1) is 22.2 Å². The third kappa shape index (κ3) is 4.19. The molecule has 0 saturated carbocycles. The first kappa shape index (κ1) is 14.9. The fourth-order valence-electron chi connectivity index (χ4n) is 1.24. The van der Waals surface area contributed by atoms with E-state index in [1.165, 1.54) is 0 Å². The van der Waals surface area contributed by atoms with E-state index in [1.54, 1.807) is 13.8 Å². The van der Waals surface area contributed by atoms with E-state index in [0.717, 1.165) is 0 Å². The van der Waals surface area contributed by atoms with Gasteiger partial charge in [0.2, 0.25) is 5.91 Å². The quantitative estimate of drug-likeness (QED) is 0.762. The average Bonchev–Trinajstić information content (AvgIpc) is 2.15. The van der Waals surface area contributed by atoms with Crippen molar-refractivity contribution in [3.63, 3.8) is 0 Å². The van der Waals surface area contributed by atoms with Crippen LogP contribution in [0.15, 0.2) is 0 Å². The number of nitrogens with one attached hydrogen (secondary N) is 1. The normalized spacial score (nSPS) is 14.1. The van der Waals surface area contributed by atoms with Crippen LogP contribution in [0.1, 0.15) is 41.0 Å². The van der Waals surface area contributed by atoms with Crippen molar-refractivity contribution in [1.29, 1.82) is 5.26 Å². The average molecular weight is 226 g/mol. The maximum Gasteiger partial charge on any atom is 0.240 e. The number of carbonyl (C=O) groups excluding carboxylic acids is 1. The van der Waals surface area contributed by atoms with Crippen molar-refractivity contribution in [3.05, 3.63) is 0 Å². The minimum absolute atomic E-state index is 0.0230. The molecule has 1 unspecified atom stereocenters. The van der Waals surface area contributed by atoms with Gasteiger partial charge in [-0.05, 0) is 25.7 Å². The van der Waals surface area contributed by atoms with Crippen molar-refractivity contribution in [3.8, 4) is 6.07 Å². The zero-order chi connectivity index (χ0) is 13.0. The number of hydrogen-bond acceptors (Lipinski definition) is 3. The molecule has 16 heavy (non-hydrogen) atoms. The molecule has 1 atom stereocenters. The Kier molecular flexibility index (Phi) is 4.95. The highest BCUT2D eigenvalue weighted by Crippen LogP contribution is 2.23. The Balaban J connectivity index is 4.67. The van der Waals surface area contributed by atoms with Crippen molar-refractivity contribution in [1.82, 2.24) is 5.32 Å². The van der Waals surface area contributed by atoms with Gasteiger partial charge in [0.05, 0.1) is 6.07 Å². The van der Waals surface area contributed by atoms with Gasteiger partial charge in [0, 0.05) is 12.6 Å². The zero-order valence-corrected chi connectivity index (χ0v) is 10.8. The molecular weight excluding hydrogens is 204 g/mol. The summed E-state index contributed by atoms with van der Waals surface area (Å²) in [5.41, 5.74) is -1.16. The van der Waals surface area contributed by atoms with Crippen LogP contribution in [-0.4, -0.2) is 23.7 Å². The largest absolute Gasteiger partial charge is 0.396 e. The molecule has 0 rings (SSSR count). The molecule has 0 saturated heterocycles. The topological polar surface area (TPSA) is 73.1 Å². The number of carbonyl (C=O) groups is 1. The van der Waals surface area contributed by atoms with E-state index >= 15 is 0 Å². The second kappa shape index (κ2) is 5.31. The summed E-state index contributed by atoms with van der Waals surface area (Å²) in [6.45, 7) is 9.17. The highest BCUT2D eigenvalue weighted by molar-refractivity contribution is 5.84. The summed E-state index contributed by atoms with van der Waals surface area (Å²) in [6.07, 6.45) is 0.497. The van der Waals surface area contributed by atoms with Gasteiger partial charge in [0.15, 0.2) is 0 Å². The second-order valence-corrected chi connectivity index (χ2v) is 5.64. The number of aliphatic hydroxyl groups excluding tert-OH is 1. The minimum atomic E-state index is -1.03. The molecule has 0 heterocycles. The first-order chi connectivity index (χ1) is 7.15. The number of aliphatic hydroxyl groups is 1. The summed E-state index contributed by atoms with van der Waals surface area (Å²) in [4.78, 5) is 11.8. The Labute approximate surface area is 97.7 Å². The number of rotatable bonds is 4. The molecule has 2 N–H and O–H groups in total. The molecule has 4 nitrogen and oxygen atoms in total. The standard InChI is InChI=1S/C12H22N2O2/c1-11(2,3)9(6-7-15)14-10(16)12(4,5)8-13/h9,15H,6-7H2,1-5H3,(H,14,16). The smallest absolute Gasteiger partial charge is 0.240 e. The van der Waals surface area contributed by atoms with E-state index in [4.69, 9.17) is 10.4 Å². The van der Waals surface area contributed by atoms with Crippen LogP contribution in [-0.2, 0) is 4.79 Å². The highest BCUT2D eigenvalue weighted by atomic mass is 16.3. The summed E-state index contributed by atoms with van der Waals surface area (Å²) in [5, 5.41) is 20.6. The molecule has 0 aliphatic carbocycles. The first-order valence-corrected chi connectivity index (χ1v) is 5.48. The first-order valence-electron chi connectivity index (χ1n) is 5.48. The van der Waals surface area contributed by atoms with Crippen LogP contribution in [0.2, 0.25) is 0 Å². The van der Waals surface area contributed by atoms with Gasteiger partial charge >= 0.3 is 0 Å².